The van der Waals surface area contributed by atoms with Crippen molar-refractivity contribution in [2.24, 2.45) is 0 Å². The molecular weight excluding hydrogens is 292 g/mol. The summed E-state index contributed by atoms with van der Waals surface area (Å²) in [6, 6.07) is 12.3. The molecule has 5 nitrogen and oxygen atoms in total. The summed E-state index contributed by atoms with van der Waals surface area (Å²) in [5, 5.41) is 5.51. The Balaban J connectivity index is 2.11. The highest BCUT2D eigenvalue weighted by atomic mass is 16.5. The Morgan fingerprint density at radius 2 is 1.61 bits per heavy atom. The van der Waals surface area contributed by atoms with Gasteiger partial charge in [-0.1, -0.05) is 6.92 Å². The number of amides is 2. The van der Waals surface area contributed by atoms with E-state index < -0.39 is 0 Å². The van der Waals surface area contributed by atoms with Gasteiger partial charge in [-0.3, -0.25) is 9.59 Å². The van der Waals surface area contributed by atoms with E-state index in [2.05, 4.69) is 10.6 Å². The van der Waals surface area contributed by atoms with Crippen LogP contribution in [0.15, 0.2) is 42.5 Å². The lowest BCUT2D eigenvalue weighted by atomic mass is 10.1. The number of nitrogens with one attached hydrogen (secondary N) is 2. The van der Waals surface area contributed by atoms with Gasteiger partial charge in [-0.2, -0.15) is 0 Å². The molecule has 0 spiro atoms. The highest BCUT2D eigenvalue weighted by Gasteiger charge is 2.10. The van der Waals surface area contributed by atoms with Crippen molar-refractivity contribution in [3.63, 3.8) is 0 Å². The SMILES string of the molecule is CCc1cc(C(=O)Nc2ccc(NC(C)=O)cc2)ccc1OC. The van der Waals surface area contributed by atoms with Crippen LogP contribution in [-0.2, 0) is 11.2 Å². The van der Waals surface area contributed by atoms with Crippen LogP contribution in [0.3, 0.4) is 0 Å². The van der Waals surface area contributed by atoms with E-state index in [1.807, 2.05) is 13.0 Å². The van der Waals surface area contributed by atoms with Crippen molar-refractivity contribution in [3.05, 3.63) is 53.6 Å². The topological polar surface area (TPSA) is 67.4 Å². The molecule has 2 amide bonds. The molecule has 120 valence electrons. The van der Waals surface area contributed by atoms with E-state index in [0.717, 1.165) is 17.7 Å². The molecule has 0 radical (unpaired) electrons. The number of methoxy groups -OCH3 is 1. The number of anilines is 2. The zero-order valence-corrected chi connectivity index (χ0v) is 13.5. The van der Waals surface area contributed by atoms with Crippen LogP contribution >= 0.6 is 0 Å². The number of hydrogen-bond donors (Lipinski definition) is 2. The van der Waals surface area contributed by atoms with Crippen LogP contribution in [0.5, 0.6) is 5.75 Å². The predicted octanol–water partition coefficient (Wildman–Crippen LogP) is 3.47. The van der Waals surface area contributed by atoms with Crippen LogP contribution in [0.25, 0.3) is 0 Å². The fraction of sp³-hybridized carbons (Fsp3) is 0.222. The van der Waals surface area contributed by atoms with Gasteiger partial charge in [0.2, 0.25) is 5.91 Å². The number of carbonyl (C=O) groups excluding carboxylic acids is 2. The van der Waals surface area contributed by atoms with Crippen molar-refractivity contribution in [2.45, 2.75) is 20.3 Å². The van der Waals surface area contributed by atoms with Crippen LogP contribution in [-0.4, -0.2) is 18.9 Å². The first-order valence-corrected chi connectivity index (χ1v) is 7.39. The first kappa shape index (κ1) is 16.5. The van der Waals surface area contributed by atoms with Gasteiger partial charge in [0.25, 0.3) is 5.91 Å². The van der Waals surface area contributed by atoms with Gasteiger partial charge in [-0.25, -0.2) is 0 Å². The van der Waals surface area contributed by atoms with E-state index in [0.29, 0.717) is 16.9 Å². The Bertz CT molecular complexity index is 709. The highest BCUT2D eigenvalue weighted by molar-refractivity contribution is 6.04. The average molecular weight is 312 g/mol. The van der Waals surface area contributed by atoms with Gasteiger partial charge in [0.05, 0.1) is 7.11 Å². The van der Waals surface area contributed by atoms with Crippen LogP contribution in [0.1, 0.15) is 29.8 Å². The molecule has 0 unspecified atom stereocenters. The summed E-state index contributed by atoms with van der Waals surface area (Å²) in [6.45, 7) is 3.46. The van der Waals surface area contributed by atoms with Gasteiger partial charge < -0.3 is 15.4 Å². The molecule has 0 aliphatic rings. The fourth-order valence-corrected chi connectivity index (χ4v) is 2.24. The molecular formula is C18H20N2O3. The number of carbonyl (C=O) groups is 2. The highest BCUT2D eigenvalue weighted by Crippen LogP contribution is 2.21. The standard InChI is InChI=1S/C18H20N2O3/c1-4-13-11-14(5-10-17(13)23-3)18(22)20-16-8-6-15(7-9-16)19-12(2)21/h5-11H,4H2,1-3H3,(H,19,21)(H,20,22). The maximum absolute atomic E-state index is 12.3. The van der Waals surface area contributed by atoms with E-state index in [9.17, 15) is 9.59 Å². The Labute approximate surface area is 135 Å². The third kappa shape index (κ3) is 4.32. The Hall–Kier alpha value is -2.82. The van der Waals surface area contributed by atoms with Gasteiger partial charge in [-0.15, -0.1) is 0 Å². The van der Waals surface area contributed by atoms with Crippen molar-refractivity contribution in [3.8, 4) is 5.75 Å². The van der Waals surface area contributed by atoms with Crippen LogP contribution in [0.2, 0.25) is 0 Å². The normalized spacial score (nSPS) is 10.0. The van der Waals surface area contributed by atoms with Gasteiger partial charge >= 0.3 is 0 Å². The van der Waals surface area contributed by atoms with Gasteiger partial charge in [0.1, 0.15) is 5.75 Å². The molecule has 0 aliphatic carbocycles. The molecule has 0 saturated heterocycles. The Morgan fingerprint density at radius 1 is 1.00 bits per heavy atom. The summed E-state index contributed by atoms with van der Waals surface area (Å²) in [5.74, 6) is 0.463. The minimum atomic E-state index is -0.186. The predicted molar refractivity (Wildman–Crippen MR) is 91.1 cm³/mol. The summed E-state index contributed by atoms with van der Waals surface area (Å²) in [4.78, 5) is 23.3. The second kappa shape index (κ2) is 7.45. The van der Waals surface area contributed by atoms with Crippen LogP contribution in [0.4, 0.5) is 11.4 Å². The molecule has 0 atom stereocenters. The Kier molecular flexibility index (Phi) is 5.36. The monoisotopic (exact) mass is 312 g/mol. The molecule has 0 aliphatic heterocycles. The zero-order chi connectivity index (χ0) is 16.8. The van der Waals surface area contributed by atoms with E-state index in [1.165, 1.54) is 6.92 Å². The number of benzene rings is 2. The number of aryl methyl sites for hydroxylation is 1. The van der Waals surface area contributed by atoms with E-state index in [-0.39, 0.29) is 11.8 Å². The van der Waals surface area contributed by atoms with Gasteiger partial charge in [0.15, 0.2) is 0 Å². The molecule has 2 aromatic carbocycles. The van der Waals surface area contributed by atoms with Crippen molar-refractivity contribution < 1.29 is 14.3 Å². The maximum Gasteiger partial charge on any atom is 0.255 e. The Morgan fingerprint density at radius 3 is 2.13 bits per heavy atom. The van der Waals surface area contributed by atoms with E-state index in [4.69, 9.17) is 4.74 Å². The van der Waals surface area contributed by atoms with Gasteiger partial charge in [-0.05, 0) is 54.4 Å². The number of rotatable bonds is 5. The zero-order valence-electron chi connectivity index (χ0n) is 13.5. The second-order valence-corrected chi connectivity index (χ2v) is 5.09. The summed E-state index contributed by atoms with van der Waals surface area (Å²) in [5.41, 5.74) is 2.92. The third-order valence-electron chi connectivity index (χ3n) is 3.39. The molecule has 0 aromatic heterocycles. The molecule has 5 heteroatoms. The summed E-state index contributed by atoms with van der Waals surface area (Å²) in [7, 11) is 1.62. The van der Waals surface area contributed by atoms with Crippen molar-refractivity contribution in [1.82, 2.24) is 0 Å². The summed E-state index contributed by atoms with van der Waals surface area (Å²) in [6.07, 6.45) is 0.787. The second-order valence-electron chi connectivity index (χ2n) is 5.09. The smallest absolute Gasteiger partial charge is 0.255 e. The van der Waals surface area contributed by atoms with Crippen molar-refractivity contribution in [1.29, 1.82) is 0 Å². The van der Waals surface area contributed by atoms with E-state index >= 15 is 0 Å². The molecule has 0 saturated carbocycles. The first-order valence-electron chi connectivity index (χ1n) is 7.39. The first-order chi connectivity index (χ1) is 11.0. The maximum atomic E-state index is 12.3. The molecule has 0 fully saturated rings. The molecule has 23 heavy (non-hydrogen) atoms. The molecule has 0 heterocycles. The molecule has 2 aromatic rings. The number of hydrogen-bond acceptors (Lipinski definition) is 3. The lowest BCUT2D eigenvalue weighted by Gasteiger charge is -2.10. The van der Waals surface area contributed by atoms with Crippen molar-refractivity contribution >= 4 is 23.2 Å². The third-order valence-corrected chi connectivity index (χ3v) is 3.39. The average Bonchev–Trinajstić information content (AvgIpc) is 2.55. The molecule has 0 bridgehead atoms. The quantitative estimate of drug-likeness (QED) is 0.888. The minimum Gasteiger partial charge on any atom is -0.496 e. The lowest BCUT2D eigenvalue weighted by Crippen LogP contribution is -2.12. The minimum absolute atomic E-state index is 0.132. The van der Waals surface area contributed by atoms with E-state index in [1.54, 1.807) is 43.5 Å². The van der Waals surface area contributed by atoms with Crippen LogP contribution in [0, 0.1) is 0 Å². The fourth-order valence-electron chi connectivity index (χ4n) is 2.24. The lowest BCUT2D eigenvalue weighted by molar-refractivity contribution is -0.114. The van der Waals surface area contributed by atoms with Gasteiger partial charge in [0, 0.05) is 23.9 Å². The van der Waals surface area contributed by atoms with Crippen molar-refractivity contribution in [2.75, 3.05) is 17.7 Å². The number of ether oxygens (including phenoxy) is 1. The molecule has 2 rings (SSSR count). The summed E-state index contributed by atoms with van der Waals surface area (Å²) >= 11 is 0. The largest absolute Gasteiger partial charge is 0.496 e. The van der Waals surface area contributed by atoms with Crippen LogP contribution < -0.4 is 15.4 Å². The summed E-state index contributed by atoms with van der Waals surface area (Å²) < 4.78 is 5.27. The molecule has 2 N–H and O–H groups in total.